The average Bonchev–Trinajstić information content (AvgIpc) is 2.92. The molecule has 0 saturated heterocycles. The van der Waals surface area contributed by atoms with Crippen LogP contribution in [0.2, 0.25) is 0 Å². The zero-order valence-electron chi connectivity index (χ0n) is 21.4. The van der Waals surface area contributed by atoms with Crippen LogP contribution in [0.15, 0.2) is 93.9 Å². The quantitative estimate of drug-likeness (QED) is 0.152. The first-order valence-electron chi connectivity index (χ1n) is 12.5. The summed E-state index contributed by atoms with van der Waals surface area (Å²) < 4.78 is 61.9. The van der Waals surface area contributed by atoms with E-state index in [2.05, 4.69) is 31.9 Å². The summed E-state index contributed by atoms with van der Waals surface area (Å²) in [5.41, 5.74) is 1.63. The van der Waals surface area contributed by atoms with Gasteiger partial charge in [-0.3, -0.25) is 0 Å². The monoisotopic (exact) mass is 678 g/mol. The molecule has 0 spiro atoms. The lowest BCUT2D eigenvalue weighted by Crippen LogP contribution is -2.15. The van der Waals surface area contributed by atoms with Crippen LogP contribution in [0, 0.1) is 0 Å². The summed E-state index contributed by atoms with van der Waals surface area (Å²) in [6, 6.07) is 23.6. The third-order valence-electron chi connectivity index (χ3n) is 6.18. The summed E-state index contributed by atoms with van der Waals surface area (Å²) in [6.45, 7) is 0.826. The largest absolute Gasteiger partial charge is 0.508 e. The number of ether oxygens (including phenoxy) is 3. The first-order valence-corrected chi connectivity index (χ1v) is 14.1. The Morgan fingerprint density at radius 1 is 0.650 bits per heavy atom. The highest BCUT2D eigenvalue weighted by molar-refractivity contribution is 9.10. The summed E-state index contributed by atoms with van der Waals surface area (Å²) in [5.74, 6) is 0.747. The fourth-order valence-corrected chi connectivity index (χ4v) is 4.98. The number of hydrogen-bond acceptors (Lipinski definition) is 4. The van der Waals surface area contributed by atoms with Crippen molar-refractivity contribution in [1.82, 2.24) is 0 Å². The molecule has 4 rings (SSSR count). The van der Waals surface area contributed by atoms with E-state index in [-0.39, 0.29) is 44.0 Å². The Kier molecular flexibility index (Phi) is 10.7. The maximum absolute atomic E-state index is 14.2. The molecule has 0 saturated carbocycles. The summed E-state index contributed by atoms with van der Waals surface area (Å²) in [7, 11) is 0. The van der Waals surface area contributed by atoms with Crippen molar-refractivity contribution in [2.75, 3.05) is 13.2 Å². The van der Waals surface area contributed by atoms with Gasteiger partial charge in [0.1, 0.15) is 17.2 Å². The lowest BCUT2D eigenvalue weighted by Gasteiger charge is -2.21. The summed E-state index contributed by atoms with van der Waals surface area (Å²) in [6.07, 6.45) is -4.33. The van der Waals surface area contributed by atoms with Crippen molar-refractivity contribution in [1.29, 1.82) is 0 Å². The van der Waals surface area contributed by atoms with Gasteiger partial charge in [0.15, 0.2) is 0 Å². The molecule has 4 nitrogen and oxygen atoms in total. The molecular formula is C31H27Br2F3O4. The highest BCUT2D eigenvalue weighted by Crippen LogP contribution is 2.39. The zero-order valence-corrected chi connectivity index (χ0v) is 24.6. The minimum Gasteiger partial charge on any atom is -0.508 e. The van der Waals surface area contributed by atoms with E-state index in [9.17, 15) is 18.3 Å². The van der Waals surface area contributed by atoms with Crippen molar-refractivity contribution in [3.05, 3.63) is 122 Å². The SMILES string of the molecule is Oc1ccc(Oc2ccc(C(F)(F)F)c(CCOCc3ccccc3Br)c2CCOCc2ccccc2Br)cc1. The molecule has 0 aliphatic heterocycles. The molecule has 0 aliphatic carbocycles. The highest BCUT2D eigenvalue weighted by Gasteiger charge is 2.35. The molecule has 0 aliphatic rings. The Bertz CT molecular complexity index is 1410. The van der Waals surface area contributed by atoms with Crippen LogP contribution in [0.3, 0.4) is 0 Å². The number of rotatable bonds is 12. The fourth-order valence-electron chi connectivity index (χ4n) is 4.18. The van der Waals surface area contributed by atoms with Gasteiger partial charge in [0, 0.05) is 14.5 Å². The topological polar surface area (TPSA) is 47.9 Å². The molecule has 0 amide bonds. The van der Waals surface area contributed by atoms with Gasteiger partial charge >= 0.3 is 6.18 Å². The Balaban J connectivity index is 1.58. The van der Waals surface area contributed by atoms with Crippen molar-refractivity contribution in [2.45, 2.75) is 32.2 Å². The third kappa shape index (κ3) is 8.33. The third-order valence-corrected chi connectivity index (χ3v) is 7.73. The number of hydrogen-bond donors (Lipinski definition) is 1. The lowest BCUT2D eigenvalue weighted by atomic mass is 9.95. The van der Waals surface area contributed by atoms with Gasteiger partial charge in [0.25, 0.3) is 0 Å². The standard InChI is InChI=1S/C31H27Br2F3O4/c32-28-7-3-1-5-21(28)19-38-17-15-25-26(16-18-39-20-22-6-2-4-8-29(22)33)30(14-13-27(25)31(34,35)36)40-24-11-9-23(37)10-12-24/h1-14,37H,15-20H2. The van der Waals surface area contributed by atoms with E-state index in [0.717, 1.165) is 26.1 Å². The molecule has 0 bridgehead atoms. The molecule has 4 aromatic rings. The highest BCUT2D eigenvalue weighted by atomic mass is 79.9. The number of aromatic hydroxyl groups is 1. The molecule has 0 atom stereocenters. The smallest absolute Gasteiger partial charge is 0.416 e. The minimum atomic E-state index is -4.56. The van der Waals surface area contributed by atoms with E-state index in [4.69, 9.17) is 14.2 Å². The maximum atomic E-state index is 14.2. The minimum absolute atomic E-state index is 0.0334. The van der Waals surface area contributed by atoms with E-state index in [1.165, 1.54) is 18.2 Å². The first-order chi connectivity index (χ1) is 19.2. The van der Waals surface area contributed by atoms with Crippen LogP contribution in [0.25, 0.3) is 0 Å². The van der Waals surface area contributed by atoms with E-state index >= 15 is 0 Å². The van der Waals surface area contributed by atoms with Gasteiger partial charge in [-0.2, -0.15) is 13.2 Å². The second-order valence-corrected chi connectivity index (χ2v) is 10.7. The Morgan fingerprint density at radius 2 is 1.18 bits per heavy atom. The van der Waals surface area contributed by atoms with Crippen LogP contribution in [-0.2, 0) is 41.7 Å². The Labute approximate surface area is 248 Å². The molecule has 0 fully saturated rings. The predicted octanol–water partition coefficient (Wildman–Crippen LogP) is 9.25. The van der Waals surface area contributed by atoms with Gasteiger partial charge < -0.3 is 19.3 Å². The second kappa shape index (κ2) is 14.2. The van der Waals surface area contributed by atoms with Crippen LogP contribution in [-0.4, -0.2) is 18.3 Å². The van der Waals surface area contributed by atoms with E-state index in [1.54, 1.807) is 12.1 Å². The molecule has 40 heavy (non-hydrogen) atoms. The van der Waals surface area contributed by atoms with Crippen LogP contribution in [0.1, 0.15) is 27.8 Å². The Hall–Kier alpha value is -2.85. The van der Waals surface area contributed by atoms with E-state index < -0.39 is 11.7 Å². The molecule has 0 heterocycles. The van der Waals surface area contributed by atoms with Crippen molar-refractivity contribution >= 4 is 31.9 Å². The lowest BCUT2D eigenvalue weighted by molar-refractivity contribution is -0.138. The number of phenolic OH excluding ortho intramolecular Hbond substituents is 1. The van der Waals surface area contributed by atoms with Crippen molar-refractivity contribution in [3.8, 4) is 17.2 Å². The number of halogens is 5. The van der Waals surface area contributed by atoms with Gasteiger partial charge in [-0.05, 0) is 78.1 Å². The first kappa shape index (κ1) is 30.1. The summed E-state index contributed by atoms with van der Waals surface area (Å²) >= 11 is 6.95. The zero-order chi connectivity index (χ0) is 28.5. The van der Waals surface area contributed by atoms with Crippen molar-refractivity contribution < 1.29 is 32.5 Å². The summed E-state index contributed by atoms with van der Waals surface area (Å²) in [5, 5.41) is 9.61. The van der Waals surface area contributed by atoms with E-state index in [1.807, 2.05) is 48.5 Å². The van der Waals surface area contributed by atoms with Gasteiger partial charge in [-0.15, -0.1) is 0 Å². The van der Waals surface area contributed by atoms with Crippen molar-refractivity contribution in [2.24, 2.45) is 0 Å². The number of alkyl halides is 3. The van der Waals surface area contributed by atoms with Crippen LogP contribution < -0.4 is 4.74 Å². The van der Waals surface area contributed by atoms with Crippen LogP contribution in [0.4, 0.5) is 13.2 Å². The molecule has 0 unspecified atom stereocenters. The van der Waals surface area contributed by atoms with Gasteiger partial charge in [0.05, 0.1) is 32.0 Å². The van der Waals surface area contributed by atoms with Crippen LogP contribution >= 0.6 is 31.9 Å². The number of phenols is 1. The molecule has 0 radical (unpaired) electrons. The molecule has 0 aromatic heterocycles. The predicted molar refractivity (Wildman–Crippen MR) is 155 cm³/mol. The maximum Gasteiger partial charge on any atom is 0.416 e. The van der Waals surface area contributed by atoms with E-state index in [0.29, 0.717) is 23.7 Å². The molecule has 1 N–H and O–H groups in total. The van der Waals surface area contributed by atoms with Gasteiger partial charge in [-0.25, -0.2) is 0 Å². The fraction of sp³-hybridized carbons (Fsp3) is 0.226. The molecule has 210 valence electrons. The second-order valence-electron chi connectivity index (χ2n) is 8.95. The molecular weight excluding hydrogens is 653 g/mol. The number of benzene rings is 4. The van der Waals surface area contributed by atoms with Gasteiger partial charge in [-0.1, -0.05) is 68.3 Å². The Morgan fingerprint density at radius 3 is 1.70 bits per heavy atom. The van der Waals surface area contributed by atoms with Gasteiger partial charge in [0.2, 0.25) is 0 Å². The van der Waals surface area contributed by atoms with Crippen LogP contribution in [0.5, 0.6) is 17.2 Å². The average molecular weight is 680 g/mol. The normalized spacial score (nSPS) is 11.5. The summed E-state index contributed by atoms with van der Waals surface area (Å²) in [4.78, 5) is 0. The molecule has 4 aromatic carbocycles. The van der Waals surface area contributed by atoms with Crippen molar-refractivity contribution in [3.63, 3.8) is 0 Å². The molecule has 9 heteroatoms.